The Morgan fingerprint density at radius 2 is 2.05 bits per heavy atom. The zero-order chi connectivity index (χ0) is 15.0. The summed E-state index contributed by atoms with van der Waals surface area (Å²) >= 11 is 0. The standard InChI is InChI=1S/C14H19N3O3/c1-2-8-17(9-10-18)13(19)12(16-14(15)20)11-6-4-3-5-7-11/h2-7,12,18H,1,8-10H2,(H3,15,16,20). The van der Waals surface area contributed by atoms with E-state index in [9.17, 15) is 9.59 Å². The summed E-state index contributed by atoms with van der Waals surface area (Å²) < 4.78 is 0. The summed E-state index contributed by atoms with van der Waals surface area (Å²) in [6.45, 7) is 3.84. The van der Waals surface area contributed by atoms with E-state index in [1.54, 1.807) is 30.3 Å². The topological polar surface area (TPSA) is 95.7 Å². The first kappa shape index (κ1) is 15.7. The first-order chi connectivity index (χ1) is 9.60. The Morgan fingerprint density at radius 3 is 2.55 bits per heavy atom. The van der Waals surface area contributed by atoms with Gasteiger partial charge in [0.25, 0.3) is 0 Å². The number of nitrogens with one attached hydrogen (secondary N) is 1. The molecule has 1 unspecified atom stereocenters. The maximum absolute atomic E-state index is 12.5. The summed E-state index contributed by atoms with van der Waals surface area (Å²) in [5.41, 5.74) is 5.75. The Kier molecular flexibility index (Phi) is 6.25. The summed E-state index contributed by atoms with van der Waals surface area (Å²) in [5.74, 6) is -0.344. The molecule has 0 radical (unpaired) electrons. The molecule has 0 saturated carbocycles. The molecular weight excluding hydrogens is 258 g/mol. The number of benzene rings is 1. The highest BCUT2D eigenvalue weighted by molar-refractivity contribution is 5.87. The van der Waals surface area contributed by atoms with Gasteiger partial charge in [-0.3, -0.25) is 4.79 Å². The normalized spacial score (nSPS) is 11.4. The monoisotopic (exact) mass is 277 g/mol. The number of primary amides is 1. The summed E-state index contributed by atoms with van der Waals surface area (Å²) in [4.78, 5) is 25.0. The van der Waals surface area contributed by atoms with Crippen LogP contribution >= 0.6 is 0 Å². The summed E-state index contributed by atoms with van der Waals surface area (Å²) in [7, 11) is 0. The lowest BCUT2D eigenvalue weighted by atomic mass is 10.1. The number of rotatable bonds is 7. The Bertz CT molecular complexity index is 462. The SMILES string of the molecule is C=CCN(CCO)C(=O)C(NC(N)=O)c1ccccc1. The van der Waals surface area contributed by atoms with E-state index >= 15 is 0 Å². The zero-order valence-corrected chi connectivity index (χ0v) is 11.2. The van der Waals surface area contributed by atoms with Crippen molar-refractivity contribution in [2.45, 2.75) is 6.04 Å². The number of carbonyl (C=O) groups is 2. The van der Waals surface area contributed by atoms with Crippen LogP contribution < -0.4 is 11.1 Å². The summed E-state index contributed by atoms with van der Waals surface area (Å²) in [5, 5.41) is 11.4. The van der Waals surface area contributed by atoms with Crippen molar-refractivity contribution in [3.63, 3.8) is 0 Å². The molecule has 0 spiro atoms. The van der Waals surface area contributed by atoms with Gasteiger partial charge in [0, 0.05) is 13.1 Å². The molecular formula is C14H19N3O3. The van der Waals surface area contributed by atoms with E-state index in [2.05, 4.69) is 11.9 Å². The van der Waals surface area contributed by atoms with Gasteiger partial charge in [-0.15, -0.1) is 6.58 Å². The van der Waals surface area contributed by atoms with Crippen LogP contribution in [0, 0.1) is 0 Å². The maximum atomic E-state index is 12.5. The predicted molar refractivity (Wildman–Crippen MR) is 75.8 cm³/mol. The highest BCUT2D eigenvalue weighted by Gasteiger charge is 2.25. The molecule has 1 aromatic carbocycles. The molecule has 1 rings (SSSR count). The fraction of sp³-hybridized carbons (Fsp3) is 0.286. The lowest BCUT2D eigenvalue weighted by Crippen LogP contribution is -2.45. The highest BCUT2D eigenvalue weighted by atomic mass is 16.3. The van der Waals surface area contributed by atoms with E-state index in [0.29, 0.717) is 5.56 Å². The van der Waals surface area contributed by atoms with Crippen LogP contribution in [0.3, 0.4) is 0 Å². The Balaban J connectivity index is 2.99. The number of urea groups is 1. The molecule has 0 saturated heterocycles. The van der Waals surface area contributed by atoms with Crippen LogP contribution in [0.4, 0.5) is 4.79 Å². The lowest BCUT2D eigenvalue weighted by molar-refractivity contribution is -0.133. The molecule has 0 aromatic heterocycles. The van der Waals surface area contributed by atoms with Gasteiger partial charge in [-0.1, -0.05) is 36.4 Å². The van der Waals surface area contributed by atoms with Gasteiger partial charge < -0.3 is 21.1 Å². The lowest BCUT2D eigenvalue weighted by Gasteiger charge is -2.26. The minimum Gasteiger partial charge on any atom is -0.395 e. The van der Waals surface area contributed by atoms with Crippen LogP contribution in [0.5, 0.6) is 0 Å². The molecule has 4 N–H and O–H groups in total. The van der Waals surface area contributed by atoms with E-state index in [0.717, 1.165) is 0 Å². The van der Waals surface area contributed by atoms with Gasteiger partial charge in [0.1, 0.15) is 6.04 Å². The van der Waals surface area contributed by atoms with E-state index < -0.39 is 12.1 Å². The number of hydrogen-bond donors (Lipinski definition) is 3. The van der Waals surface area contributed by atoms with E-state index in [4.69, 9.17) is 10.8 Å². The molecule has 108 valence electrons. The second-order valence-electron chi connectivity index (χ2n) is 4.15. The summed E-state index contributed by atoms with van der Waals surface area (Å²) in [6.07, 6.45) is 1.56. The van der Waals surface area contributed by atoms with E-state index in [1.165, 1.54) is 4.90 Å². The van der Waals surface area contributed by atoms with Crippen molar-refractivity contribution in [1.29, 1.82) is 0 Å². The second-order valence-corrected chi connectivity index (χ2v) is 4.15. The molecule has 6 nitrogen and oxygen atoms in total. The molecule has 0 aliphatic heterocycles. The second kappa shape index (κ2) is 7.96. The quantitative estimate of drug-likeness (QED) is 0.630. The van der Waals surface area contributed by atoms with Crippen LogP contribution in [0.15, 0.2) is 43.0 Å². The van der Waals surface area contributed by atoms with Crippen LogP contribution in [0.1, 0.15) is 11.6 Å². The first-order valence-electron chi connectivity index (χ1n) is 6.21. The largest absolute Gasteiger partial charge is 0.395 e. The summed E-state index contributed by atoms with van der Waals surface area (Å²) in [6, 6.07) is 7.14. The van der Waals surface area contributed by atoms with Gasteiger partial charge >= 0.3 is 6.03 Å². The van der Waals surface area contributed by atoms with Crippen molar-refractivity contribution >= 4 is 11.9 Å². The van der Waals surface area contributed by atoms with Gasteiger partial charge in [-0.05, 0) is 5.56 Å². The first-order valence-corrected chi connectivity index (χ1v) is 6.21. The minimum atomic E-state index is -0.875. The Hall–Kier alpha value is -2.34. The molecule has 3 amide bonds. The van der Waals surface area contributed by atoms with Crippen LogP contribution in [-0.2, 0) is 4.79 Å². The maximum Gasteiger partial charge on any atom is 0.313 e. The van der Waals surface area contributed by atoms with Gasteiger partial charge in [0.15, 0.2) is 0 Å². The molecule has 6 heteroatoms. The Labute approximate surface area is 117 Å². The van der Waals surface area contributed by atoms with E-state index in [1.807, 2.05) is 6.07 Å². The third-order valence-corrected chi connectivity index (χ3v) is 2.70. The fourth-order valence-electron chi connectivity index (χ4n) is 1.83. The van der Waals surface area contributed by atoms with Gasteiger partial charge in [0.05, 0.1) is 6.61 Å². The molecule has 1 aromatic rings. The highest BCUT2D eigenvalue weighted by Crippen LogP contribution is 2.15. The van der Waals surface area contributed by atoms with Gasteiger partial charge in [-0.2, -0.15) is 0 Å². The predicted octanol–water partition coefficient (Wildman–Crippen LogP) is 0.403. The molecule has 0 fully saturated rings. The number of aliphatic hydroxyl groups is 1. The average Bonchev–Trinajstić information content (AvgIpc) is 2.44. The van der Waals surface area contributed by atoms with Gasteiger partial charge in [-0.25, -0.2) is 4.79 Å². The number of hydrogen-bond acceptors (Lipinski definition) is 3. The number of aliphatic hydroxyl groups excluding tert-OH is 1. The zero-order valence-electron chi connectivity index (χ0n) is 11.2. The number of nitrogens with zero attached hydrogens (tertiary/aromatic N) is 1. The molecule has 0 heterocycles. The van der Waals surface area contributed by atoms with Crippen LogP contribution in [0.2, 0.25) is 0 Å². The smallest absolute Gasteiger partial charge is 0.313 e. The van der Waals surface area contributed by atoms with Crippen molar-refractivity contribution in [3.05, 3.63) is 48.6 Å². The van der Waals surface area contributed by atoms with Crippen LogP contribution in [0.25, 0.3) is 0 Å². The van der Waals surface area contributed by atoms with Crippen molar-refractivity contribution < 1.29 is 14.7 Å². The molecule has 1 atom stereocenters. The van der Waals surface area contributed by atoms with Crippen molar-refractivity contribution in [2.75, 3.05) is 19.7 Å². The number of amides is 3. The van der Waals surface area contributed by atoms with E-state index in [-0.39, 0.29) is 25.6 Å². The minimum absolute atomic E-state index is 0.161. The molecule has 0 aliphatic rings. The third-order valence-electron chi connectivity index (χ3n) is 2.70. The molecule has 0 bridgehead atoms. The molecule has 20 heavy (non-hydrogen) atoms. The average molecular weight is 277 g/mol. The van der Waals surface area contributed by atoms with Crippen molar-refractivity contribution in [2.24, 2.45) is 5.73 Å². The number of carbonyl (C=O) groups excluding carboxylic acids is 2. The van der Waals surface area contributed by atoms with Crippen molar-refractivity contribution in [1.82, 2.24) is 10.2 Å². The van der Waals surface area contributed by atoms with Crippen LogP contribution in [-0.4, -0.2) is 41.6 Å². The molecule has 0 aliphatic carbocycles. The van der Waals surface area contributed by atoms with Gasteiger partial charge in [0.2, 0.25) is 5.91 Å². The van der Waals surface area contributed by atoms with Crippen molar-refractivity contribution in [3.8, 4) is 0 Å². The Morgan fingerprint density at radius 1 is 1.40 bits per heavy atom. The third kappa shape index (κ3) is 4.40. The fourth-order valence-corrected chi connectivity index (χ4v) is 1.83. The number of nitrogens with two attached hydrogens (primary N) is 1.